The number of hydrogen-bond donors (Lipinski definition) is 2. The molecule has 2 N–H and O–H groups in total. The summed E-state index contributed by atoms with van der Waals surface area (Å²) >= 11 is 0. The van der Waals surface area contributed by atoms with Crippen molar-refractivity contribution >= 4 is 0 Å². The predicted octanol–water partition coefficient (Wildman–Crippen LogP) is 1.92. The Balaban J connectivity index is 1.52. The second-order valence-corrected chi connectivity index (χ2v) is 6.62. The number of H-pyrrole nitrogens is 1. The summed E-state index contributed by atoms with van der Waals surface area (Å²) in [5.74, 6) is 1.94. The van der Waals surface area contributed by atoms with Crippen molar-refractivity contribution in [3.05, 3.63) is 51.2 Å². The van der Waals surface area contributed by atoms with Crippen LogP contribution in [0.15, 0.2) is 23.0 Å². The molecule has 1 aromatic carbocycles. The number of phenols is 1. The van der Waals surface area contributed by atoms with Crippen LogP contribution in [0.2, 0.25) is 0 Å². The van der Waals surface area contributed by atoms with Gasteiger partial charge in [-0.25, -0.2) is 4.98 Å². The normalized spacial score (nSPS) is 17.5. The molecule has 6 nitrogen and oxygen atoms in total. The lowest BCUT2D eigenvalue weighted by Crippen LogP contribution is -2.35. The van der Waals surface area contributed by atoms with E-state index in [0.717, 1.165) is 48.5 Å². The van der Waals surface area contributed by atoms with Gasteiger partial charge in [-0.05, 0) is 30.5 Å². The van der Waals surface area contributed by atoms with Gasteiger partial charge in [0, 0.05) is 32.0 Å². The number of nitrogens with one attached hydrogen (secondary N) is 1. The van der Waals surface area contributed by atoms with Gasteiger partial charge in [-0.2, -0.15) is 0 Å². The van der Waals surface area contributed by atoms with E-state index < -0.39 is 0 Å². The summed E-state index contributed by atoms with van der Waals surface area (Å²) in [4.78, 5) is 22.2. The maximum Gasteiger partial charge on any atom is 0.255 e. The SMILES string of the molecule is COc1ccc(CN2CCc3nc(C4CC4)[nH]c(=O)c3C2)cc1O. The fraction of sp³-hybridized carbons (Fsp3) is 0.444. The first-order valence-corrected chi connectivity index (χ1v) is 8.34. The van der Waals surface area contributed by atoms with Gasteiger partial charge in [-0.15, -0.1) is 0 Å². The minimum atomic E-state index is 0.00387. The Morgan fingerprint density at radius 1 is 1.42 bits per heavy atom. The van der Waals surface area contributed by atoms with Gasteiger partial charge in [0.25, 0.3) is 5.56 Å². The third kappa shape index (κ3) is 2.89. The van der Waals surface area contributed by atoms with Crippen molar-refractivity contribution in [1.82, 2.24) is 14.9 Å². The number of aromatic nitrogens is 2. The van der Waals surface area contributed by atoms with Crippen LogP contribution in [-0.4, -0.2) is 33.6 Å². The quantitative estimate of drug-likeness (QED) is 0.897. The highest BCUT2D eigenvalue weighted by Crippen LogP contribution is 2.37. The van der Waals surface area contributed by atoms with Crippen molar-refractivity contribution < 1.29 is 9.84 Å². The molecule has 0 radical (unpaired) electrons. The summed E-state index contributed by atoms with van der Waals surface area (Å²) in [7, 11) is 1.53. The van der Waals surface area contributed by atoms with Crippen molar-refractivity contribution in [3.8, 4) is 11.5 Å². The second-order valence-electron chi connectivity index (χ2n) is 6.62. The minimum Gasteiger partial charge on any atom is -0.504 e. The highest BCUT2D eigenvalue weighted by Gasteiger charge is 2.29. The first-order chi connectivity index (χ1) is 11.6. The zero-order chi connectivity index (χ0) is 16.7. The lowest BCUT2D eigenvalue weighted by Gasteiger charge is -2.27. The lowest BCUT2D eigenvalue weighted by atomic mass is 10.1. The molecule has 1 aliphatic heterocycles. The van der Waals surface area contributed by atoms with Gasteiger partial charge in [-0.1, -0.05) is 6.07 Å². The van der Waals surface area contributed by atoms with E-state index in [4.69, 9.17) is 4.74 Å². The molecule has 1 aromatic heterocycles. The number of aromatic hydroxyl groups is 1. The summed E-state index contributed by atoms with van der Waals surface area (Å²) in [5.41, 5.74) is 2.73. The topological polar surface area (TPSA) is 78.5 Å². The Morgan fingerprint density at radius 3 is 2.96 bits per heavy atom. The highest BCUT2D eigenvalue weighted by atomic mass is 16.5. The summed E-state index contributed by atoms with van der Waals surface area (Å²) in [5, 5.41) is 9.90. The van der Waals surface area contributed by atoms with Gasteiger partial charge in [0.15, 0.2) is 11.5 Å². The molecule has 0 spiro atoms. The van der Waals surface area contributed by atoms with Gasteiger partial charge in [0.1, 0.15) is 5.82 Å². The van der Waals surface area contributed by atoms with E-state index in [0.29, 0.717) is 24.8 Å². The monoisotopic (exact) mass is 327 g/mol. The zero-order valence-electron chi connectivity index (χ0n) is 13.7. The second kappa shape index (κ2) is 5.94. The lowest BCUT2D eigenvalue weighted by molar-refractivity contribution is 0.241. The molecule has 0 amide bonds. The first kappa shape index (κ1) is 15.2. The van der Waals surface area contributed by atoms with Gasteiger partial charge >= 0.3 is 0 Å². The largest absolute Gasteiger partial charge is 0.504 e. The fourth-order valence-electron chi connectivity index (χ4n) is 3.28. The molecule has 2 aromatic rings. The summed E-state index contributed by atoms with van der Waals surface area (Å²) in [6.07, 6.45) is 3.06. The van der Waals surface area contributed by atoms with Crippen LogP contribution in [0.3, 0.4) is 0 Å². The van der Waals surface area contributed by atoms with Crippen molar-refractivity contribution in [1.29, 1.82) is 0 Å². The van der Waals surface area contributed by atoms with Gasteiger partial charge in [0.05, 0.1) is 18.4 Å². The molecule has 126 valence electrons. The molecular weight excluding hydrogens is 306 g/mol. The zero-order valence-corrected chi connectivity index (χ0v) is 13.7. The van der Waals surface area contributed by atoms with Crippen molar-refractivity contribution in [2.24, 2.45) is 0 Å². The fourth-order valence-corrected chi connectivity index (χ4v) is 3.28. The standard InChI is InChI=1S/C18H21N3O3/c1-24-16-5-2-11(8-15(16)22)9-21-7-6-14-13(10-21)18(23)20-17(19-14)12-3-4-12/h2,5,8,12,22H,3-4,6-7,9-10H2,1H3,(H,19,20,23). The predicted molar refractivity (Wildman–Crippen MR) is 89.3 cm³/mol. The molecular formula is C18H21N3O3. The smallest absolute Gasteiger partial charge is 0.255 e. The van der Waals surface area contributed by atoms with E-state index in [1.165, 1.54) is 7.11 Å². The van der Waals surface area contributed by atoms with Crippen molar-refractivity contribution in [2.75, 3.05) is 13.7 Å². The third-order valence-corrected chi connectivity index (χ3v) is 4.78. The molecule has 4 rings (SSSR count). The molecule has 24 heavy (non-hydrogen) atoms. The number of fused-ring (bicyclic) bond motifs is 1. The number of methoxy groups -OCH3 is 1. The Hall–Kier alpha value is -2.34. The van der Waals surface area contributed by atoms with E-state index in [1.807, 2.05) is 6.07 Å². The van der Waals surface area contributed by atoms with Crippen LogP contribution in [0.1, 0.15) is 41.4 Å². The Morgan fingerprint density at radius 2 is 2.25 bits per heavy atom. The van der Waals surface area contributed by atoms with Gasteiger partial charge in [0.2, 0.25) is 0 Å². The Labute approximate surface area is 140 Å². The maximum absolute atomic E-state index is 12.4. The minimum absolute atomic E-state index is 0.00387. The van der Waals surface area contributed by atoms with Gasteiger partial charge < -0.3 is 14.8 Å². The molecule has 0 unspecified atom stereocenters. The van der Waals surface area contributed by atoms with Crippen LogP contribution in [0, 0.1) is 0 Å². The number of aromatic amines is 1. The van der Waals surface area contributed by atoms with Gasteiger partial charge in [-0.3, -0.25) is 9.69 Å². The van der Waals surface area contributed by atoms with E-state index in [2.05, 4.69) is 14.9 Å². The molecule has 2 heterocycles. The number of hydrogen-bond acceptors (Lipinski definition) is 5. The van der Waals surface area contributed by atoms with Crippen molar-refractivity contribution in [3.63, 3.8) is 0 Å². The summed E-state index contributed by atoms with van der Waals surface area (Å²) in [6, 6.07) is 5.42. The summed E-state index contributed by atoms with van der Waals surface area (Å²) in [6.45, 7) is 2.14. The first-order valence-electron chi connectivity index (χ1n) is 8.34. The van der Waals surface area contributed by atoms with Crippen LogP contribution in [-0.2, 0) is 19.5 Å². The molecule has 1 aliphatic carbocycles. The molecule has 6 heteroatoms. The van der Waals surface area contributed by atoms with E-state index in [-0.39, 0.29) is 11.3 Å². The Bertz CT molecular complexity index is 827. The maximum atomic E-state index is 12.4. The average molecular weight is 327 g/mol. The molecule has 1 saturated carbocycles. The molecule has 0 atom stereocenters. The van der Waals surface area contributed by atoms with Crippen LogP contribution in [0.4, 0.5) is 0 Å². The number of rotatable bonds is 4. The molecule has 0 saturated heterocycles. The average Bonchev–Trinajstić information content (AvgIpc) is 3.40. The number of nitrogens with zero attached hydrogens (tertiary/aromatic N) is 2. The highest BCUT2D eigenvalue weighted by molar-refractivity contribution is 5.41. The number of phenolic OH excluding ortho intramolecular Hbond substituents is 1. The number of benzene rings is 1. The van der Waals surface area contributed by atoms with E-state index in [9.17, 15) is 9.90 Å². The van der Waals surface area contributed by atoms with Crippen LogP contribution in [0.5, 0.6) is 11.5 Å². The Kier molecular flexibility index (Phi) is 3.76. The molecule has 0 bridgehead atoms. The van der Waals surface area contributed by atoms with Crippen LogP contribution in [0.25, 0.3) is 0 Å². The van der Waals surface area contributed by atoms with E-state index in [1.54, 1.807) is 12.1 Å². The summed E-state index contributed by atoms with van der Waals surface area (Å²) < 4.78 is 5.07. The van der Waals surface area contributed by atoms with Crippen LogP contribution < -0.4 is 10.3 Å². The van der Waals surface area contributed by atoms with Crippen LogP contribution >= 0.6 is 0 Å². The molecule has 1 fully saturated rings. The third-order valence-electron chi connectivity index (χ3n) is 4.78. The number of ether oxygens (including phenoxy) is 1. The van der Waals surface area contributed by atoms with E-state index >= 15 is 0 Å². The van der Waals surface area contributed by atoms with Crippen molar-refractivity contribution in [2.45, 2.75) is 38.3 Å². The molecule has 2 aliphatic rings.